The van der Waals surface area contributed by atoms with Crippen LogP contribution in [0.25, 0.3) is 0 Å². The van der Waals surface area contributed by atoms with Gasteiger partial charge in [0, 0.05) is 25.3 Å². The van der Waals surface area contributed by atoms with Crippen molar-refractivity contribution in [2.45, 2.75) is 58.6 Å². The molecule has 0 radical (unpaired) electrons. The van der Waals surface area contributed by atoms with Gasteiger partial charge >= 0.3 is 0 Å². The van der Waals surface area contributed by atoms with Gasteiger partial charge in [0.1, 0.15) is 17.6 Å². The second-order valence-corrected chi connectivity index (χ2v) is 5.62. The molecule has 1 unspecified atom stereocenters. The highest BCUT2D eigenvalue weighted by Crippen LogP contribution is 2.27. The number of nitrogens with zero attached hydrogens (tertiary/aromatic N) is 3. The van der Waals surface area contributed by atoms with Gasteiger partial charge in [-0.2, -0.15) is 0 Å². The Morgan fingerprint density at radius 3 is 2.95 bits per heavy atom. The predicted molar refractivity (Wildman–Crippen MR) is 82.3 cm³/mol. The van der Waals surface area contributed by atoms with Gasteiger partial charge < -0.3 is 9.64 Å². The molecule has 1 aliphatic rings. The molecule has 0 saturated carbocycles. The summed E-state index contributed by atoms with van der Waals surface area (Å²) in [6, 6.07) is 2.46. The van der Waals surface area contributed by atoms with Gasteiger partial charge in [0.25, 0.3) is 0 Å². The van der Waals surface area contributed by atoms with Crippen LogP contribution in [0.4, 0.5) is 5.82 Å². The van der Waals surface area contributed by atoms with E-state index in [1.807, 2.05) is 13.0 Å². The molecular weight excluding hydrogens is 274 g/mol. The van der Waals surface area contributed by atoms with Crippen LogP contribution >= 0.6 is 11.6 Å². The summed E-state index contributed by atoms with van der Waals surface area (Å²) in [6.45, 7) is 6.35. The van der Waals surface area contributed by atoms with Gasteiger partial charge in [-0.25, -0.2) is 9.97 Å². The van der Waals surface area contributed by atoms with E-state index in [1.54, 1.807) is 0 Å². The molecule has 1 atom stereocenters. The van der Waals surface area contributed by atoms with E-state index >= 15 is 0 Å². The lowest BCUT2D eigenvalue weighted by atomic mass is 9.98. The molecule has 2 rings (SSSR count). The number of halogens is 1. The number of rotatable bonds is 6. The van der Waals surface area contributed by atoms with Crippen LogP contribution in [0.15, 0.2) is 6.07 Å². The van der Waals surface area contributed by atoms with Crippen molar-refractivity contribution in [2.24, 2.45) is 0 Å². The zero-order valence-corrected chi connectivity index (χ0v) is 13.2. The molecule has 1 saturated heterocycles. The number of anilines is 1. The van der Waals surface area contributed by atoms with Crippen LogP contribution in [0, 0.1) is 0 Å². The molecule has 0 amide bonds. The SMILES string of the molecule is CCCC1CCCCN1c1cc(Cl)nc(COCC)n1. The molecule has 1 aliphatic heterocycles. The van der Waals surface area contributed by atoms with E-state index in [0.717, 1.165) is 12.4 Å². The Balaban J connectivity index is 2.18. The van der Waals surface area contributed by atoms with Crippen molar-refractivity contribution < 1.29 is 4.74 Å². The van der Waals surface area contributed by atoms with Crippen molar-refractivity contribution in [1.29, 1.82) is 0 Å². The first-order valence-electron chi connectivity index (χ1n) is 7.62. The highest BCUT2D eigenvalue weighted by Gasteiger charge is 2.23. The van der Waals surface area contributed by atoms with Gasteiger partial charge in [0.05, 0.1) is 0 Å². The summed E-state index contributed by atoms with van der Waals surface area (Å²) in [5.41, 5.74) is 0. The summed E-state index contributed by atoms with van der Waals surface area (Å²) in [4.78, 5) is 11.3. The molecule has 0 bridgehead atoms. The smallest absolute Gasteiger partial charge is 0.158 e. The van der Waals surface area contributed by atoms with Gasteiger partial charge in [-0.15, -0.1) is 0 Å². The van der Waals surface area contributed by atoms with Gasteiger partial charge in [0.2, 0.25) is 0 Å². The summed E-state index contributed by atoms with van der Waals surface area (Å²) in [5, 5.41) is 0.505. The lowest BCUT2D eigenvalue weighted by molar-refractivity contribution is 0.128. The normalized spacial score (nSPS) is 19.4. The van der Waals surface area contributed by atoms with Crippen LogP contribution in [0.1, 0.15) is 51.8 Å². The van der Waals surface area contributed by atoms with Crippen molar-refractivity contribution in [3.05, 3.63) is 17.0 Å². The van der Waals surface area contributed by atoms with Gasteiger partial charge in [-0.05, 0) is 32.6 Å². The molecule has 2 heterocycles. The summed E-state index contributed by atoms with van der Waals surface area (Å²) < 4.78 is 5.39. The second kappa shape index (κ2) is 7.79. The van der Waals surface area contributed by atoms with Crippen LogP contribution < -0.4 is 4.90 Å². The highest BCUT2D eigenvalue weighted by molar-refractivity contribution is 6.29. The first-order chi connectivity index (χ1) is 9.74. The minimum Gasteiger partial charge on any atom is -0.374 e. The van der Waals surface area contributed by atoms with E-state index in [1.165, 1.54) is 32.1 Å². The maximum atomic E-state index is 6.14. The Hall–Kier alpha value is -0.870. The molecule has 20 heavy (non-hydrogen) atoms. The molecule has 0 spiro atoms. The molecule has 5 heteroatoms. The predicted octanol–water partition coefficient (Wildman–Crippen LogP) is 3.83. The van der Waals surface area contributed by atoms with Crippen LogP contribution in [0.5, 0.6) is 0 Å². The van der Waals surface area contributed by atoms with Crippen LogP contribution in [-0.4, -0.2) is 29.2 Å². The molecular formula is C15H24ClN3O. The Kier molecular flexibility index (Phi) is 6.05. The monoisotopic (exact) mass is 297 g/mol. The Bertz CT molecular complexity index is 426. The van der Waals surface area contributed by atoms with E-state index < -0.39 is 0 Å². The summed E-state index contributed by atoms with van der Waals surface area (Å²) >= 11 is 6.14. The number of hydrogen-bond acceptors (Lipinski definition) is 4. The quantitative estimate of drug-likeness (QED) is 0.748. The van der Waals surface area contributed by atoms with Crippen LogP contribution in [-0.2, 0) is 11.3 Å². The van der Waals surface area contributed by atoms with Crippen LogP contribution in [0.2, 0.25) is 5.15 Å². The maximum Gasteiger partial charge on any atom is 0.158 e. The third kappa shape index (κ3) is 4.06. The van der Waals surface area contributed by atoms with Crippen molar-refractivity contribution in [3.63, 3.8) is 0 Å². The lowest BCUT2D eigenvalue weighted by Gasteiger charge is -2.36. The Morgan fingerprint density at radius 2 is 2.20 bits per heavy atom. The highest BCUT2D eigenvalue weighted by atomic mass is 35.5. The van der Waals surface area contributed by atoms with E-state index in [0.29, 0.717) is 30.2 Å². The van der Waals surface area contributed by atoms with Crippen molar-refractivity contribution in [3.8, 4) is 0 Å². The zero-order valence-electron chi connectivity index (χ0n) is 12.4. The minimum atomic E-state index is 0.427. The fraction of sp³-hybridized carbons (Fsp3) is 0.733. The number of ether oxygens (including phenoxy) is 1. The van der Waals surface area contributed by atoms with Crippen molar-refractivity contribution in [1.82, 2.24) is 9.97 Å². The van der Waals surface area contributed by atoms with E-state index in [4.69, 9.17) is 16.3 Å². The average Bonchev–Trinajstić information content (AvgIpc) is 2.45. The molecule has 0 N–H and O–H groups in total. The molecule has 1 aromatic rings. The van der Waals surface area contributed by atoms with Gasteiger partial charge in [-0.3, -0.25) is 0 Å². The third-order valence-corrected chi connectivity index (χ3v) is 3.90. The second-order valence-electron chi connectivity index (χ2n) is 5.23. The molecule has 4 nitrogen and oxygen atoms in total. The number of aromatic nitrogens is 2. The van der Waals surface area contributed by atoms with Gasteiger partial charge in [-0.1, -0.05) is 24.9 Å². The van der Waals surface area contributed by atoms with E-state index in [-0.39, 0.29) is 0 Å². The van der Waals surface area contributed by atoms with Gasteiger partial charge in [0.15, 0.2) is 5.82 Å². The summed E-state index contributed by atoms with van der Waals surface area (Å²) in [7, 11) is 0. The van der Waals surface area contributed by atoms with Crippen molar-refractivity contribution >= 4 is 17.4 Å². The molecule has 0 aromatic carbocycles. The molecule has 1 aromatic heterocycles. The zero-order chi connectivity index (χ0) is 14.4. The fourth-order valence-corrected chi connectivity index (χ4v) is 2.99. The fourth-order valence-electron chi connectivity index (χ4n) is 2.79. The Morgan fingerprint density at radius 1 is 1.35 bits per heavy atom. The third-order valence-electron chi connectivity index (χ3n) is 3.71. The topological polar surface area (TPSA) is 38.2 Å². The van der Waals surface area contributed by atoms with E-state index in [9.17, 15) is 0 Å². The maximum absolute atomic E-state index is 6.14. The molecule has 0 aliphatic carbocycles. The first-order valence-corrected chi connectivity index (χ1v) is 8.00. The summed E-state index contributed by atoms with van der Waals surface area (Å²) in [6.07, 6.45) is 6.19. The number of piperidine rings is 1. The Labute approximate surface area is 126 Å². The average molecular weight is 298 g/mol. The van der Waals surface area contributed by atoms with Crippen LogP contribution in [0.3, 0.4) is 0 Å². The molecule has 1 fully saturated rings. The largest absolute Gasteiger partial charge is 0.374 e. The lowest BCUT2D eigenvalue weighted by Crippen LogP contribution is -2.40. The van der Waals surface area contributed by atoms with Crippen molar-refractivity contribution in [2.75, 3.05) is 18.1 Å². The summed E-state index contributed by atoms with van der Waals surface area (Å²) in [5.74, 6) is 1.63. The molecule has 112 valence electrons. The van der Waals surface area contributed by atoms with E-state index in [2.05, 4.69) is 21.8 Å². The first kappa shape index (κ1) is 15.5. The minimum absolute atomic E-state index is 0.427. The standard InChI is InChI=1S/C15H24ClN3O/c1-3-7-12-8-5-6-9-19(12)15-10-13(16)17-14(18-15)11-20-4-2/h10,12H,3-9,11H2,1-2H3. The number of hydrogen-bond donors (Lipinski definition) is 0.